The summed E-state index contributed by atoms with van der Waals surface area (Å²) in [7, 11) is 3.27. The highest BCUT2D eigenvalue weighted by Crippen LogP contribution is 1.98. The average molecular weight is 180 g/mol. The molecule has 0 fully saturated rings. The number of aryl methyl sites for hydroxylation is 1. The van der Waals surface area contributed by atoms with Crippen molar-refractivity contribution in [3.8, 4) is 0 Å². The first-order valence-electron chi connectivity index (χ1n) is 3.93. The molecule has 0 saturated heterocycles. The maximum atomic E-state index is 10.7. The first-order chi connectivity index (χ1) is 6.22. The lowest BCUT2D eigenvalue weighted by Crippen LogP contribution is -1.96. The summed E-state index contributed by atoms with van der Waals surface area (Å²) in [5, 5.41) is 0. The molecule has 0 radical (unpaired) electrons. The number of aromatic nitrogens is 2. The number of ether oxygens (including phenoxy) is 1. The van der Waals surface area contributed by atoms with Gasteiger partial charge in [-0.25, -0.2) is 4.98 Å². The van der Waals surface area contributed by atoms with Crippen molar-refractivity contribution in [3.63, 3.8) is 0 Å². The molecule has 1 aromatic rings. The summed E-state index contributed by atoms with van der Waals surface area (Å²) in [6, 6.07) is 0. The van der Waals surface area contributed by atoms with Gasteiger partial charge in [0, 0.05) is 13.2 Å². The molecular weight excluding hydrogens is 168 g/mol. The lowest BCUT2D eigenvalue weighted by molar-refractivity contribution is -0.139. The van der Waals surface area contributed by atoms with Crippen molar-refractivity contribution in [1.29, 1.82) is 0 Å². The van der Waals surface area contributed by atoms with Crippen molar-refractivity contribution in [1.82, 2.24) is 9.55 Å². The summed E-state index contributed by atoms with van der Waals surface area (Å²) in [6.45, 7) is 0. The van der Waals surface area contributed by atoms with Crippen LogP contribution in [0.2, 0.25) is 0 Å². The van der Waals surface area contributed by atoms with Gasteiger partial charge in [-0.3, -0.25) is 4.79 Å². The number of hydrogen-bond donors (Lipinski definition) is 0. The van der Waals surface area contributed by atoms with Crippen LogP contribution in [-0.2, 0) is 16.6 Å². The van der Waals surface area contributed by atoms with Gasteiger partial charge >= 0.3 is 5.97 Å². The Morgan fingerprint density at radius 3 is 3.08 bits per heavy atom. The van der Waals surface area contributed by atoms with Gasteiger partial charge in [-0.15, -0.1) is 0 Å². The Hall–Kier alpha value is -1.58. The van der Waals surface area contributed by atoms with Crippen molar-refractivity contribution < 1.29 is 9.53 Å². The van der Waals surface area contributed by atoms with E-state index in [2.05, 4.69) is 9.72 Å². The van der Waals surface area contributed by atoms with E-state index >= 15 is 0 Å². The number of carbonyl (C=O) groups excluding carboxylic acids is 1. The zero-order chi connectivity index (χ0) is 9.68. The second-order valence-corrected chi connectivity index (χ2v) is 2.65. The van der Waals surface area contributed by atoms with Gasteiger partial charge < -0.3 is 9.30 Å². The highest BCUT2D eigenvalue weighted by molar-refractivity contribution is 5.72. The van der Waals surface area contributed by atoms with E-state index < -0.39 is 0 Å². The second kappa shape index (κ2) is 4.45. The lowest BCUT2D eigenvalue weighted by Gasteiger charge is -1.90. The van der Waals surface area contributed by atoms with E-state index in [-0.39, 0.29) is 12.4 Å². The van der Waals surface area contributed by atoms with E-state index in [1.54, 1.807) is 18.5 Å². The van der Waals surface area contributed by atoms with Gasteiger partial charge in [0.2, 0.25) is 0 Å². The van der Waals surface area contributed by atoms with Gasteiger partial charge in [-0.05, 0) is 6.08 Å². The molecular formula is C9H12N2O2. The van der Waals surface area contributed by atoms with E-state index in [1.165, 1.54) is 7.11 Å². The fourth-order valence-corrected chi connectivity index (χ4v) is 0.878. The Balaban J connectivity index is 2.45. The lowest BCUT2D eigenvalue weighted by atomic mass is 10.3. The van der Waals surface area contributed by atoms with E-state index in [4.69, 9.17) is 0 Å². The molecule has 1 rings (SSSR count). The molecule has 13 heavy (non-hydrogen) atoms. The van der Waals surface area contributed by atoms with Crippen LogP contribution >= 0.6 is 0 Å². The molecule has 70 valence electrons. The third-order valence-electron chi connectivity index (χ3n) is 1.53. The highest BCUT2D eigenvalue weighted by atomic mass is 16.5. The largest absolute Gasteiger partial charge is 0.469 e. The summed E-state index contributed by atoms with van der Waals surface area (Å²) in [5.74, 6) is -0.243. The van der Waals surface area contributed by atoms with Crippen LogP contribution in [-0.4, -0.2) is 22.6 Å². The van der Waals surface area contributed by atoms with E-state index in [9.17, 15) is 4.79 Å². The van der Waals surface area contributed by atoms with E-state index in [0.29, 0.717) is 0 Å². The molecule has 4 nitrogen and oxygen atoms in total. The molecule has 0 aliphatic rings. The van der Waals surface area contributed by atoms with Crippen molar-refractivity contribution >= 4 is 12.0 Å². The molecule has 0 atom stereocenters. The number of imidazole rings is 1. The fourth-order valence-electron chi connectivity index (χ4n) is 0.878. The smallest absolute Gasteiger partial charge is 0.309 e. The molecule has 0 bridgehead atoms. The number of rotatable bonds is 3. The van der Waals surface area contributed by atoms with Crippen LogP contribution in [0.3, 0.4) is 0 Å². The third-order valence-corrected chi connectivity index (χ3v) is 1.53. The van der Waals surface area contributed by atoms with Crippen LogP contribution in [0.1, 0.15) is 12.1 Å². The molecule has 0 saturated carbocycles. The number of carbonyl (C=O) groups is 1. The van der Waals surface area contributed by atoms with E-state index in [1.807, 2.05) is 17.8 Å². The first kappa shape index (κ1) is 9.51. The molecule has 0 amide bonds. The first-order valence-corrected chi connectivity index (χ1v) is 3.93. The maximum Gasteiger partial charge on any atom is 0.309 e. The van der Waals surface area contributed by atoms with Gasteiger partial charge in [0.15, 0.2) is 0 Å². The molecule has 0 aliphatic heterocycles. The van der Waals surface area contributed by atoms with Gasteiger partial charge in [-0.2, -0.15) is 0 Å². The SMILES string of the molecule is COC(=O)CC=Cc1cn(C)cn1. The fraction of sp³-hybridized carbons (Fsp3) is 0.333. The summed E-state index contributed by atoms with van der Waals surface area (Å²) in [6.07, 6.45) is 7.38. The van der Waals surface area contributed by atoms with Crippen LogP contribution in [0.4, 0.5) is 0 Å². The molecule has 0 unspecified atom stereocenters. The van der Waals surface area contributed by atoms with Crippen molar-refractivity contribution in [2.45, 2.75) is 6.42 Å². The predicted molar refractivity (Wildman–Crippen MR) is 48.9 cm³/mol. The standard InChI is InChI=1S/C9H12N2O2/c1-11-6-8(10-7-11)4-3-5-9(12)13-2/h3-4,6-7H,5H2,1-2H3. The normalized spacial score (nSPS) is 10.6. The molecule has 0 spiro atoms. The van der Waals surface area contributed by atoms with Crippen LogP contribution in [0.15, 0.2) is 18.6 Å². The predicted octanol–water partition coefficient (Wildman–Crippen LogP) is 0.996. The molecule has 0 N–H and O–H groups in total. The summed E-state index contributed by atoms with van der Waals surface area (Å²) < 4.78 is 6.32. The number of hydrogen-bond acceptors (Lipinski definition) is 3. The molecule has 0 aromatic carbocycles. The topological polar surface area (TPSA) is 44.1 Å². The maximum absolute atomic E-state index is 10.7. The summed E-state index contributed by atoms with van der Waals surface area (Å²) in [5.41, 5.74) is 0.839. The zero-order valence-electron chi connectivity index (χ0n) is 7.73. The molecule has 4 heteroatoms. The van der Waals surface area contributed by atoms with E-state index in [0.717, 1.165) is 5.69 Å². The summed E-state index contributed by atoms with van der Waals surface area (Å²) in [4.78, 5) is 14.8. The minimum atomic E-state index is -0.243. The highest BCUT2D eigenvalue weighted by Gasteiger charge is 1.94. The minimum absolute atomic E-state index is 0.243. The Kier molecular flexibility index (Phi) is 3.25. The number of methoxy groups -OCH3 is 1. The minimum Gasteiger partial charge on any atom is -0.469 e. The number of esters is 1. The molecule has 0 aliphatic carbocycles. The monoisotopic (exact) mass is 180 g/mol. The average Bonchev–Trinajstić information content (AvgIpc) is 2.51. The van der Waals surface area contributed by atoms with Gasteiger partial charge in [0.1, 0.15) is 0 Å². The van der Waals surface area contributed by atoms with Crippen LogP contribution in [0.5, 0.6) is 0 Å². The van der Waals surface area contributed by atoms with Crippen LogP contribution < -0.4 is 0 Å². The Morgan fingerprint density at radius 2 is 2.54 bits per heavy atom. The third kappa shape index (κ3) is 3.11. The second-order valence-electron chi connectivity index (χ2n) is 2.65. The van der Waals surface area contributed by atoms with Gasteiger partial charge in [-0.1, -0.05) is 6.08 Å². The Bertz CT molecular complexity index is 315. The van der Waals surface area contributed by atoms with Gasteiger partial charge in [0.05, 0.1) is 25.6 Å². The van der Waals surface area contributed by atoms with Crippen LogP contribution in [0.25, 0.3) is 6.08 Å². The Morgan fingerprint density at radius 1 is 1.77 bits per heavy atom. The van der Waals surface area contributed by atoms with Gasteiger partial charge in [0.25, 0.3) is 0 Å². The summed E-state index contributed by atoms with van der Waals surface area (Å²) >= 11 is 0. The van der Waals surface area contributed by atoms with Crippen molar-refractivity contribution in [3.05, 3.63) is 24.3 Å². The molecule has 1 heterocycles. The quantitative estimate of drug-likeness (QED) is 0.652. The van der Waals surface area contributed by atoms with Crippen LogP contribution in [0, 0.1) is 0 Å². The number of nitrogens with zero attached hydrogens (tertiary/aromatic N) is 2. The Labute approximate surface area is 76.8 Å². The van der Waals surface area contributed by atoms with Crippen molar-refractivity contribution in [2.75, 3.05) is 7.11 Å². The molecule has 1 aromatic heterocycles. The zero-order valence-corrected chi connectivity index (χ0v) is 7.73. The van der Waals surface area contributed by atoms with Crippen molar-refractivity contribution in [2.24, 2.45) is 7.05 Å².